The average Bonchev–Trinajstić information content (AvgIpc) is 2.78. The lowest BCUT2D eigenvalue weighted by atomic mass is 10.0. The minimum Gasteiger partial charge on any atom is -0.373 e. The van der Waals surface area contributed by atoms with Crippen molar-refractivity contribution >= 4 is 34.8 Å². The summed E-state index contributed by atoms with van der Waals surface area (Å²) >= 11 is 6.14. The quantitative estimate of drug-likeness (QED) is 0.857. The first-order valence-electron chi connectivity index (χ1n) is 7.84. The standard InChI is InChI=1S/C19H19ClN2O2/c1-11-8-12(2)18(13(3)9-11)21-15-10-17(23)22(19(15)24)16-7-5-4-6-14(16)20/h4-9,15,21H,10H2,1-3H3. The Balaban J connectivity index is 1.89. The Bertz CT molecular complexity index is 809. The van der Waals surface area contributed by atoms with Gasteiger partial charge in [0.15, 0.2) is 0 Å². The molecule has 1 fully saturated rings. The molecule has 0 aromatic heterocycles. The van der Waals surface area contributed by atoms with Crippen LogP contribution in [0.2, 0.25) is 5.02 Å². The molecule has 2 aromatic rings. The third-order valence-electron chi connectivity index (χ3n) is 4.24. The van der Waals surface area contributed by atoms with Gasteiger partial charge in [-0.15, -0.1) is 0 Å². The maximum Gasteiger partial charge on any atom is 0.256 e. The number of carbonyl (C=O) groups is 2. The van der Waals surface area contributed by atoms with Gasteiger partial charge in [0.1, 0.15) is 6.04 Å². The van der Waals surface area contributed by atoms with Crippen LogP contribution in [-0.4, -0.2) is 17.9 Å². The van der Waals surface area contributed by atoms with Crippen LogP contribution in [0.5, 0.6) is 0 Å². The molecule has 1 heterocycles. The van der Waals surface area contributed by atoms with Gasteiger partial charge in [-0.25, -0.2) is 4.90 Å². The van der Waals surface area contributed by atoms with Crippen LogP contribution in [0.25, 0.3) is 0 Å². The van der Waals surface area contributed by atoms with Crippen LogP contribution in [-0.2, 0) is 9.59 Å². The van der Waals surface area contributed by atoms with Crippen LogP contribution in [0.1, 0.15) is 23.1 Å². The fourth-order valence-electron chi connectivity index (χ4n) is 3.21. The molecule has 5 heteroatoms. The molecule has 124 valence electrons. The summed E-state index contributed by atoms with van der Waals surface area (Å²) in [6.45, 7) is 6.03. The lowest BCUT2D eigenvalue weighted by molar-refractivity contribution is -0.121. The molecule has 0 saturated carbocycles. The number of amides is 2. The number of anilines is 2. The van der Waals surface area contributed by atoms with Gasteiger partial charge in [-0.05, 0) is 44.0 Å². The van der Waals surface area contributed by atoms with Crippen molar-refractivity contribution in [2.45, 2.75) is 33.2 Å². The number of imide groups is 1. The minimum atomic E-state index is -0.575. The summed E-state index contributed by atoms with van der Waals surface area (Å²) in [7, 11) is 0. The summed E-state index contributed by atoms with van der Waals surface area (Å²) in [5.74, 6) is -0.513. The third kappa shape index (κ3) is 2.89. The van der Waals surface area contributed by atoms with Crippen molar-refractivity contribution in [3.8, 4) is 0 Å². The number of halogens is 1. The predicted molar refractivity (Wildman–Crippen MR) is 96.6 cm³/mol. The Morgan fingerprint density at radius 2 is 1.71 bits per heavy atom. The topological polar surface area (TPSA) is 49.4 Å². The van der Waals surface area contributed by atoms with E-state index in [0.717, 1.165) is 16.8 Å². The van der Waals surface area contributed by atoms with E-state index in [1.54, 1.807) is 24.3 Å². The summed E-state index contributed by atoms with van der Waals surface area (Å²) in [5, 5.41) is 3.64. The number of benzene rings is 2. The van der Waals surface area contributed by atoms with E-state index in [0.29, 0.717) is 10.7 Å². The number of rotatable bonds is 3. The van der Waals surface area contributed by atoms with E-state index in [2.05, 4.69) is 17.4 Å². The molecular formula is C19H19ClN2O2. The number of hydrogen-bond acceptors (Lipinski definition) is 3. The molecule has 1 atom stereocenters. The van der Waals surface area contributed by atoms with Gasteiger partial charge in [0, 0.05) is 5.69 Å². The van der Waals surface area contributed by atoms with E-state index in [9.17, 15) is 9.59 Å². The second-order valence-electron chi connectivity index (χ2n) is 6.19. The van der Waals surface area contributed by atoms with Crippen LogP contribution in [0.3, 0.4) is 0 Å². The molecule has 2 amide bonds. The van der Waals surface area contributed by atoms with E-state index < -0.39 is 6.04 Å². The van der Waals surface area contributed by atoms with Crippen LogP contribution in [0, 0.1) is 20.8 Å². The number of carbonyl (C=O) groups excluding carboxylic acids is 2. The molecule has 3 rings (SSSR count). The molecule has 1 N–H and O–H groups in total. The van der Waals surface area contributed by atoms with Crippen LogP contribution in [0.15, 0.2) is 36.4 Å². The SMILES string of the molecule is Cc1cc(C)c(NC2CC(=O)N(c3ccccc3Cl)C2=O)c(C)c1. The lowest BCUT2D eigenvalue weighted by Crippen LogP contribution is -2.35. The molecule has 24 heavy (non-hydrogen) atoms. The van der Waals surface area contributed by atoms with Crippen LogP contribution >= 0.6 is 11.6 Å². The highest BCUT2D eigenvalue weighted by atomic mass is 35.5. The highest BCUT2D eigenvalue weighted by Gasteiger charge is 2.40. The first-order chi connectivity index (χ1) is 11.4. The van der Waals surface area contributed by atoms with Gasteiger partial charge < -0.3 is 5.32 Å². The third-order valence-corrected chi connectivity index (χ3v) is 4.56. The maximum absolute atomic E-state index is 12.7. The van der Waals surface area contributed by atoms with E-state index >= 15 is 0 Å². The van der Waals surface area contributed by atoms with Gasteiger partial charge in [0.25, 0.3) is 5.91 Å². The highest BCUT2D eigenvalue weighted by molar-refractivity contribution is 6.36. The Morgan fingerprint density at radius 1 is 1.08 bits per heavy atom. The Morgan fingerprint density at radius 3 is 2.33 bits per heavy atom. The van der Waals surface area contributed by atoms with Crippen molar-refractivity contribution in [2.75, 3.05) is 10.2 Å². The van der Waals surface area contributed by atoms with Crippen molar-refractivity contribution < 1.29 is 9.59 Å². The van der Waals surface area contributed by atoms with Crippen LogP contribution in [0.4, 0.5) is 11.4 Å². The number of nitrogens with one attached hydrogen (secondary N) is 1. The monoisotopic (exact) mass is 342 g/mol. The molecule has 0 radical (unpaired) electrons. The summed E-state index contributed by atoms with van der Waals surface area (Å²) < 4.78 is 0. The second-order valence-corrected chi connectivity index (χ2v) is 6.60. The molecule has 1 unspecified atom stereocenters. The van der Waals surface area contributed by atoms with Gasteiger partial charge in [-0.2, -0.15) is 0 Å². The lowest BCUT2D eigenvalue weighted by Gasteiger charge is -2.19. The fraction of sp³-hybridized carbons (Fsp3) is 0.263. The zero-order valence-corrected chi connectivity index (χ0v) is 14.6. The Labute approximate surface area is 146 Å². The van der Waals surface area contributed by atoms with Gasteiger partial charge in [-0.1, -0.05) is 41.4 Å². The van der Waals surface area contributed by atoms with Gasteiger partial charge >= 0.3 is 0 Å². The molecule has 0 bridgehead atoms. The maximum atomic E-state index is 12.7. The molecule has 1 aliphatic rings. The predicted octanol–water partition coefficient (Wildman–Crippen LogP) is 4.01. The van der Waals surface area contributed by atoms with Crippen molar-refractivity contribution in [3.05, 3.63) is 58.1 Å². The number of hydrogen-bond donors (Lipinski definition) is 1. The van der Waals surface area contributed by atoms with Crippen molar-refractivity contribution in [3.63, 3.8) is 0 Å². The minimum absolute atomic E-state index is 0.122. The van der Waals surface area contributed by atoms with Crippen molar-refractivity contribution in [1.29, 1.82) is 0 Å². The summed E-state index contributed by atoms with van der Waals surface area (Å²) in [4.78, 5) is 26.3. The molecule has 2 aromatic carbocycles. The largest absolute Gasteiger partial charge is 0.373 e. The number of aryl methyl sites for hydroxylation is 3. The van der Waals surface area contributed by atoms with Gasteiger partial charge in [0.2, 0.25) is 5.91 Å². The number of nitrogens with zero attached hydrogens (tertiary/aromatic N) is 1. The fourth-order valence-corrected chi connectivity index (χ4v) is 3.43. The van der Waals surface area contributed by atoms with Crippen molar-refractivity contribution in [1.82, 2.24) is 0 Å². The first kappa shape index (κ1) is 16.5. The summed E-state index contributed by atoms with van der Waals surface area (Å²) in [5.41, 5.74) is 4.64. The average molecular weight is 343 g/mol. The molecular weight excluding hydrogens is 324 g/mol. The normalized spacial score (nSPS) is 17.5. The smallest absolute Gasteiger partial charge is 0.256 e. The molecule has 1 aliphatic heterocycles. The Kier molecular flexibility index (Phi) is 4.33. The zero-order chi connectivity index (χ0) is 17.4. The van der Waals surface area contributed by atoms with E-state index in [1.165, 1.54) is 10.5 Å². The summed E-state index contributed by atoms with van der Waals surface area (Å²) in [6.07, 6.45) is 0.122. The summed E-state index contributed by atoms with van der Waals surface area (Å²) in [6, 6.07) is 10.4. The first-order valence-corrected chi connectivity index (χ1v) is 8.22. The molecule has 0 aliphatic carbocycles. The van der Waals surface area contributed by atoms with Gasteiger partial charge in [0.05, 0.1) is 17.1 Å². The Hall–Kier alpha value is -2.33. The molecule has 4 nitrogen and oxygen atoms in total. The molecule has 0 spiro atoms. The highest BCUT2D eigenvalue weighted by Crippen LogP contribution is 2.32. The van der Waals surface area contributed by atoms with Crippen molar-refractivity contribution in [2.24, 2.45) is 0 Å². The molecule has 1 saturated heterocycles. The second kappa shape index (κ2) is 6.29. The van der Waals surface area contributed by atoms with E-state index in [-0.39, 0.29) is 18.2 Å². The van der Waals surface area contributed by atoms with Crippen LogP contribution < -0.4 is 10.2 Å². The van der Waals surface area contributed by atoms with Gasteiger partial charge in [-0.3, -0.25) is 9.59 Å². The van der Waals surface area contributed by atoms with E-state index in [4.69, 9.17) is 11.6 Å². The van der Waals surface area contributed by atoms with E-state index in [1.807, 2.05) is 20.8 Å². The zero-order valence-electron chi connectivity index (χ0n) is 13.9. The number of para-hydroxylation sites is 1.